The molecule has 3 atom stereocenters. The molecule has 2 nitrogen and oxygen atoms in total. The van der Waals surface area contributed by atoms with Gasteiger partial charge in [0.05, 0.1) is 6.10 Å². The number of piperidine rings is 1. The second kappa shape index (κ2) is 5.60. The molecule has 126 valence electrons. The molecule has 1 N–H and O–H groups in total. The second-order valence-electron chi connectivity index (χ2n) is 8.83. The summed E-state index contributed by atoms with van der Waals surface area (Å²) < 4.78 is 0. The fourth-order valence-electron chi connectivity index (χ4n) is 5.96. The van der Waals surface area contributed by atoms with E-state index in [0.717, 1.165) is 24.8 Å². The Balaban J connectivity index is 1.42. The smallest absolute Gasteiger partial charge is 0.0616 e. The number of hydrogen-bond donors (Lipinski definition) is 1. The summed E-state index contributed by atoms with van der Waals surface area (Å²) in [5.41, 5.74) is 1.97. The number of rotatable bonds is 3. The number of hydrogen-bond acceptors (Lipinski definition) is 2. The Hall–Kier alpha value is -0.860. The fraction of sp³-hybridized carbons (Fsp3) is 0.714. The Morgan fingerprint density at radius 1 is 1.09 bits per heavy atom. The molecule has 2 aliphatic carbocycles. The molecule has 3 fully saturated rings. The maximum atomic E-state index is 10.7. The van der Waals surface area contributed by atoms with E-state index in [1.807, 2.05) is 0 Å². The van der Waals surface area contributed by atoms with Gasteiger partial charge in [0.25, 0.3) is 0 Å². The summed E-state index contributed by atoms with van der Waals surface area (Å²) in [6.07, 6.45) is 6.03. The highest BCUT2D eigenvalue weighted by Crippen LogP contribution is 2.65. The van der Waals surface area contributed by atoms with Gasteiger partial charge in [0.1, 0.15) is 0 Å². The fourth-order valence-corrected chi connectivity index (χ4v) is 5.96. The summed E-state index contributed by atoms with van der Waals surface area (Å²) in [5.74, 6) is 1.46. The van der Waals surface area contributed by atoms with E-state index in [-0.39, 0.29) is 11.5 Å². The van der Waals surface area contributed by atoms with Gasteiger partial charge in [0.2, 0.25) is 0 Å². The van der Waals surface area contributed by atoms with Crippen LogP contribution in [0.1, 0.15) is 57.4 Å². The van der Waals surface area contributed by atoms with Gasteiger partial charge in [-0.05, 0) is 68.0 Å². The van der Waals surface area contributed by atoms with Crippen molar-refractivity contribution in [3.63, 3.8) is 0 Å². The number of likely N-dealkylation sites (tertiary alicyclic amines) is 1. The highest BCUT2D eigenvalue weighted by atomic mass is 16.3. The summed E-state index contributed by atoms with van der Waals surface area (Å²) in [7, 11) is 0. The Labute approximate surface area is 140 Å². The molecule has 3 unspecified atom stereocenters. The first-order valence-electron chi connectivity index (χ1n) is 9.48. The number of aliphatic hydroxyl groups is 1. The topological polar surface area (TPSA) is 23.5 Å². The molecule has 23 heavy (non-hydrogen) atoms. The van der Waals surface area contributed by atoms with Crippen molar-refractivity contribution in [1.82, 2.24) is 4.90 Å². The van der Waals surface area contributed by atoms with Gasteiger partial charge in [-0.15, -0.1) is 0 Å². The monoisotopic (exact) mass is 313 g/mol. The van der Waals surface area contributed by atoms with E-state index < -0.39 is 0 Å². The van der Waals surface area contributed by atoms with Crippen LogP contribution in [-0.4, -0.2) is 35.7 Å². The molecule has 1 aliphatic heterocycles. The van der Waals surface area contributed by atoms with Crippen LogP contribution in [-0.2, 0) is 0 Å². The predicted octanol–water partition coefficient (Wildman–Crippen LogP) is 4.05. The molecule has 0 amide bonds. The summed E-state index contributed by atoms with van der Waals surface area (Å²) in [4.78, 5) is 2.65. The van der Waals surface area contributed by atoms with Crippen molar-refractivity contribution in [2.45, 2.75) is 58.0 Å². The zero-order valence-electron chi connectivity index (χ0n) is 14.7. The molecule has 0 radical (unpaired) electrons. The zero-order chi connectivity index (χ0) is 16.1. The maximum absolute atomic E-state index is 10.7. The van der Waals surface area contributed by atoms with Gasteiger partial charge in [0.15, 0.2) is 0 Å². The van der Waals surface area contributed by atoms with Gasteiger partial charge in [-0.25, -0.2) is 0 Å². The quantitative estimate of drug-likeness (QED) is 0.910. The normalized spacial score (nSPS) is 37.3. The summed E-state index contributed by atoms with van der Waals surface area (Å²) in [5, 5.41) is 10.7. The Bertz CT molecular complexity index is 546. The minimum atomic E-state index is -0.0805. The maximum Gasteiger partial charge on any atom is 0.0616 e. The number of nitrogens with zero attached hydrogens (tertiary/aromatic N) is 1. The third-order valence-electron chi connectivity index (χ3n) is 7.75. The van der Waals surface area contributed by atoms with E-state index in [9.17, 15) is 5.11 Å². The Morgan fingerprint density at radius 3 is 2.35 bits per heavy atom. The molecule has 1 saturated heterocycles. The molecule has 1 aromatic carbocycles. The predicted molar refractivity (Wildman–Crippen MR) is 94.4 cm³/mol. The minimum Gasteiger partial charge on any atom is -0.392 e. The lowest BCUT2D eigenvalue weighted by atomic mass is 9.67. The summed E-state index contributed by atoms with van der Waals surface area (Å²) in [6, 6.07) is 11.0. The van der Waals surface area contributed by atoms with E-state index in [1.165, 1.54) is 44.3 Å². The third-order valence-corrected chi connectivity index (χ3v) is 7.75. The van der Waals surface area contributed by atoms with Crippen LogP contribution in [0.15, 0.2) is 30.3 Å². The molecule has 4 rings (SSSR count). The number of aliphatic hydroxyl groups excluding tert-OH is 1. The molecule has 0 spiro atoms. The number of benzene rings is 1. The van der Waals surface area contributed by atoms with Crippen LogP contribution in [0, 0.1) is 16.7 Å². The summed E-state index contributed by atoms with van der Waals surface area (Å²) >= 11 is 0. The van der Waals surface area contributed by atoms with Gasteiger partial charge in [0, 0.05) is 12.0 Å². The van der Waals surface area contributed by atoms with Crippen molar-refractivity contribution in [2.24, 2.45) is 16.7 Å². The number of fused-ring (bicyclic) bond motifs is 2. The first-order valence-corrected chi connectivity index (χ1v) is 9.48. The van der Waals surface area contributed by atoms with Crippen molar-refractivity contribution < 1.29 is 5.11 Å². The Kier molecular flexibility index (Phi) is 3.81. The molecule has 1 aromatic rings. The first-order chi connectivity index (χ1) is 11.0. The largest absolute Gasteiger partial charge is 0.392 e. The van der Waals surface area contributed by atoms with E-state index in [2.05, 4.69) is 49.1 Å². The second-order valence-corrected chi connectivity index (χ2v) is 8.83. The van der Waals surface area contributed by atoms with Crippen LogP contribution in [0.4, 0.5) is 0 Å². The van der Waals surface area contributed by atoms with Crippen molar-refractivity contribution in [1.29, 1.82) is 0 Å². The van der Waals surface area contributed by atoms with E-state index >= 15 is 0 Å². The van der Waals surface area contributed by atoms with Crippen LogP contribution in [0.25, 0.3) is 0 Å². The molecule has 2 heteroatoms. The summed E-state index contributed by atoms with van der Waals surface area (Å²) in [6.45, 7) is 8.32. The lowest BCUT2D eigenvalue weighted by molar-refractivity contribution is -0.0343. The molecule has 3 aliphatic rings. The molecule has 2 bridgehead atoms. The van der Waals surface area contributed by atoms with Crippen LogP contribution >= 0.6 is 0 Å². The average Bonchev–Trinajstić information content (AvgIpc) is 2.91. The lowest BCUT2D eigenvalue weighted by Gasteiger charge is -2.45. The van der Waals surface area contributed by atoms with Crippen molar-refractivity contribution in [3.05, 3.63) is 35.9 Å². The van der Waals surface area contributed by atoms with Crippen LogP contribution in [0.3, 0.4) is 0 Å². The van der Waals surface area contributed by atoms with Gasteiger partial charge < -0.3 is 10.0 Å². The average molecular weight is 313 g/mol. The van der Waals surface area contributed by atoms with E-state index in [4.69, 9.17) is 0 Å². The highest BCUT2D eigenvalue weighted by molar-refractivity contribution is 5.20. The molecule has 0 aromatic heterocycles. The van der Waals surface area contributed by atoms with Crippen molar-refractivity contribution >= 4 is 0 Å². The van der Waals surface area contributed by atoms with E-state index in [0.29, 0.717) is 5.41 Å². The van der Waals surface area contributed by atoms with Crippen molar-refractivity contribution in [2.75, 3.05) is 19.6 Å². The molecular weight excluding hydrogens is 282 g/mol. The van der Waals surface area contributed by atoms with Crippen LogP contribution in [0.5, 0.6) is 0 Å². The minimum absolute atomic E-state index is 0.0805. The Morgan fingerprint density at radius 2 is 1.78 bits per heavy atom. The molecule has 1 heterocycles. The first kappa shape index (κ1) is 15.7. The SMILES string of the molecule is CC1(C)C2CCC1(CN1CCC(c3ccccc3)CC1)C(O)C2. The third kappa shape index (κ3) is 2.37. The standard InChI is InChI=1S/C21H31NO/c1-20(2)18-8-11-21(20,19(23)14-18)15-22-12-9-17(10-13-22)16-6-4-3-5-7-16/h3-7,17-19,23H,8-15H2,1-2H3. The van der Waals surface area contributed by atoms with Gasteiger partial charge in [-0.1, -0.05) is 44.2 Å². The van der Waals surface area contributed by atoms with Crippen molar-refractivity contribution in [3.8, 4) is 0 Å². The zero-order valence-corrected chi connectivity index (χ0v) is 14.7. The molecular formula is C21H31NO. The van der Waals surface area contributed by atoms with Crippen LogP contribution in [0.2, 0.25) is 0 Å². The highest BCUT2D eigenvalue weighted by Gasteiger charge is 2.63. The van der Waals surface area contributed by atoms with Crippen LogP contribution < -0.4 is 0 Å². The lowest BCUT2D eigenvalue weighted by Crippen LogP contribution is -2.49. The van der Waals surface area contributed by atoms with E-state index in [1.54, 1.807) is 0 Å². The van der Waals surface area contributed by atoms with Gasteiger partial charge in [-0.2, -0.15) is 0 Å². The van der Waals surface area contributed by atoms with Gasteiger partial charge >= 0.3 is 0 Å². The molecule has 2 saturated carbocycles. The van der Waals surface area contributed by atoms with Gasteiger partial charge in [-0.3, -0.25) is 0 Å².